The number of nitrogens with one attached hydrogen (secondary N) is 1. The maximum atomic E-state index is 11.8. The number of carbonyl (C=O) groups is 1. The molecule has 2 rings (SSSR count). The molecule has 0 saturated heterocycles. The van der Waals surface area contributed by atoms with Gasteiger partial charge in [0.2, 0.25) is 5.91 Å². The van der Waals surface area contributed by atoms with Crippen LogP contribution in [0.3, 0.4) is 0 Å². The van der Waals surface area contributed by atoms with Gasteiger partial charge in [-0.2, -0.15) is 0 Å². The SMILES string of the molecule is CC1CCC(NC(=O)CSc2ccc(N)cn2)CC1. The van der Waals surface area contributed by atoms with Gasteiger partial charge in [-0.05, 0) is 43.7 Å². The van der Waals surface area contributed by atoms with E-state index in [1.54, 1.807) is 12.3 Å². The topological polar surface area (TPSA) is 68.0 Å². The van der Waals surface area contributed by atoms with Gasteiger partial charge in [-0.25, -0.2) is 4.98 Å². The summed E-state index contributed by atoms with van der Waals surface area (Å²) in [6, 6.07) is 4.01. The molecule has 1 aromatic heterocycles. The van der Waals surface area contributed by atoms with Gasteiger partial charge < -0.3 is 11.1 Å². The third-order valence-corrected chi connectivity index (χ3v) is 4.44. The van der Waals surface area contributed by atoms with Crippen molar-refractivity contribution in [3.8, 4) is 0 Å². The predicted octanol–water partition coefficient (Wildman–Crippen LogP) is 2.45. The van der Waals surface area contributed by atoms with Crippen LogP contribution in [0.15, 0.2) is 23.4 Å². The maximum absolute atomic E-state index is 11.8. The summed E-state index contributed by atoms with van der Waals surface area (Å²) in [7, 11) is 0. The largest absolute Gasteiger partial charge is 0.397 e. The molecule has 0 spiro atoms. The first kappa shape index (κ1) is 14.2. The molecule has 5 heteroatoms. The molecule has 1 heterocycles. The fourth-order valence-electron chi connectivity index (χ4n) is 2.29. The Hall–Kier alpha value is -1.23. The summed E-state index contributed by atoms with van der Waals surface area (Å²) in [6.45, 7) is 2.28. The van der Waals surface area contributed by atoms with Gasteiger partial charge in [0, 0.05) is 6.04 Å². The summed E-state index contributed by atoms with van der Waals surface area (Å²) in [5, 5.41) is 3.94. The molecule has 1 amide bonds. The van der Waals surface area contributed by atoms with E-state index in [1.165, 1.54) is 24.6 Å². The lowest BCUT2D eigenvalue weighted by Crippen LogP contribution is -2.38. The molecule has 1 saturated carbocycles. The van der Waals surface area contributed by atoms with Crippen molar-refractivity contribution in [2.45, 2.75) is 43.7 Å². The second-order valence-corrected chi connectivity index (χ2v) is 6.24. The number of nitrogens with two attached hydrogens (primary N) is 1. The molecule has 0 atom stereocenters. The van der Waals surface area contributed by atoms with Crippen LogP contribution in [0, 0.1) is 5.92 Å². The first-order chi connectivity index (χ1) is 9.13. The molecule has 104 valence electrons. The molecule has 1 aromatic rings. The monoisotopic (exact) mass is 279 g/mol. The van der Waals surface area contributed by atoms with E-state index < -0.39 is 0 Å². The highest BCUT2D eigenvalue weighted by Crippen LogP contribution is 2.23. The molecule has 0 radical (unpaired) electrons. The average molecular weight is 279 g/mol. The van der Waals surface area contributed by atoms with Gasteiger partial charge in [0.25, 0.3) is 0 Å². The Labute approximate surface area is 118 Å². The summed E-state index contributed by atoms with van der Waals surface area (Å²) in [4.78, 5) is 16.0. The van der Waals surface area contributed by atoms with E-state index in [0.29, 0.717) is 17.5 Å². The van der Waals surface area contributed by atoms with E-state index in [2.05, 4.69) is 17.2 Å². The van der Waals surface area contributed by atoms with E-state index in [4.69, 9.17) is 5.73 Å². The standard InChI is InChI=1S/C14H21N3OS/c1-10-2-5-12(6-3-10)17-13(18)9-19-14-7-4-11(15)8-16-14/h4,7-8,10,12H,2-3,5-6,9,15H2,1H3,(H,17,18). The number of rotatable bonds is 4. The Kier molecular flexibility index (Phi) is 5.07. The van der Waals surface area contributed by atoms with Gasteiger partial charge in [-0.3, -0.25) is 4.79 Å². The number of anilines is 1. The van der Waals surface area contributed by atoms with Crippen molar-refractivity contribution in [3.63, 3.8) is 0 Å². The van der Waals surface area contributed by atoms with Crippen LogP contribution < -0.4 is 11.1 Å². The average Bonchev–Trinajstić information content (AvgIpc) is 2.41. The molecule has 3 N–H and O–H groups in total. The molecular formula is C14H21N3OS. The highest BCUT2D eigenvalue weighted by molar-refractivity contribution is 7.99. The van der Waals surface area contributed by atoms with Crippen molar-refractivity contribution >= 4 is 23.4 Å². The van der Waals surface area contributed by atoms with Crippen LogP contribution >= 0.6 is 11.8 Å². The van der Waals surface area contributed by atoms with Crippen LogP contribution in [-0.4, -0.2) is 22.7 Å². The predicted molar refractivity (Wildman–Crippen MR) is 78.9 cm³/mol. The highest BCUT2D eigenvalue weighted by Gasteiger charge is 2.19. The summed E-state index contributed by atoms with van der Waals surface area (Å²) in [5.41, 5.74) is 6.21. The van der Waals surface area contributed by atoms with Gasteiger partial charge in [0.05, 0.1) is 22.7 Å². The summed E-state index contributed by atoms with van der Waals surface area (Å²) >= 11 is 1.45. The lowest BCUT2D eigenvalue weighted by molar-refractivity contribution is -0.119. The fourth-order valence-corrected chi connectivity index (χ4v) is 2.94. The molecule has 19 heavy (non-hydrogen) atoms. The van der Waals surface area contributed by atoms with E-state index in [0.717, 1.165) is 23.8 Å². The maximum Gasteiger partial charge on any atom is 0.230 e. The van der Waals surface area contributed by atoms with Crippen LogP contribution in [-0.2, 0) is 4.79 Å². The Morgan fingerprint density at radius 2 is 2.16 bits per heavy atom. The minimum absolute atomic E-state index is 0.100. The third-order valence-electron chi connectivity index (χ3n) is 3.49. The van der Waals surface area contributed by atoms with Crippen molar-refractivity contribution in [3.05, 3.63) is 18.3 Å². The second kappa shape index (κ2) is 6.80. The van der Waals surface area contributed by atoms with Crippen molar-refractivity contribution in [1.82, 2.24) is 10.3 Å². The Morgan fingerprint density at radius 1 is 1.42 bits per heavy atom. The zero-order valence-electron chi connectivity index (χ0n) is 11.3. The van der Waals surface area contributed by atoms with Crippen LogP contribution in [0.2, 0.25) is 0 Å². The second-order valence-electron chi connectivity index (χ2n) is 5.24. The quantitative estimate of drug-likeness (QED) is 0.831. The van der Waals surface area contributed by atoms with Crippen LogP contribution in [0.1, 0.15) is 32.6 Å². The minimum atomic E-state index is 0.100. The van der Waals surface area contributed by atoms with E-state index in [9.17, 15) is 4.79 Å². The molecular weight excluding hydrogens is 258 g/mol. The number of nitrogen functional groups attached to an aromatic ring is 1. The number of nitrogens with zero attached hydrogens (tertiary/aromatic N) is 1. The lowest BCUT2D eigenvalue weighted by Gasteiger charge is -2.26. The summed E-state index contributed by atoms with van der Waals surface area (Å²) < 4.78 is 0. The third kappa shape index (κ3) is 4.74. The Bertz CT molecular complexity index is 413. The van der Waals surface area contributed by atoms with Crippen molar-refractivity contribution in [2.24, 2.45) is 5.92 Å². The number of thioether (sulfide) groups is 1. The number of pyridine rings is 1. The zero-order chi connectivity index (χ0) is 13.7. The number of amides is 1. The smallest absolute Gasteiger partial charge is 0.230 e. The minimum Gasteiger partial charge on any atom is -0.397 e. The van der Waals surface area contributed by atoms with Crippen LogP contribution in [0.5, 0.6) is 0 Å². The molecule has 0 aromatic carbocycles. The molecule has 1 fully saturated rings. The van der Waals surface area contributed by atoms with Gasteiger partial charge in [0.1, 0.15) is 0 Å². The van der Waals surface area contributed by atoms with Gasteiger partial charge in [0.15, 0.2) is 0 Å². The molecule has 1 aliphatic rings. The first-order valence-electron chi connectivity index (χ1n) is 6.77. The zero-order valence-corrected chi connectivity index (χ0v) is 12.1. The summed E-state index contributed by atoms with van der Waals surface area (Å²) in [5.74, 6) is 1.33. The van der Waals surface area contributed by atoms with Crippen molar-refractivity contribution in [2.75, 3.05) is 11.5 Å². The van der Waals surface area contributed by atoms with Gasteiger partial charge in [-0.1, -0.05) is 18.7 Å². The number of aromatic nitrogens is 1. The molecule has 0 aliphatic heterocycles. The molecule has 4 nitrogen and oxygen atoms in total. The lowest BCUT2D eigenvalue weighted by atomic mass is 9.87. The van der Waals surface area contributed by atoms with Gasteiger partial charge >= 0.3 is 0 Å². The molecule has 1 aliphatic carbocycles. The Morgan fingerprint density at radius 3 is 2.79 bits per heavy atom. The molecule has 0 unspecified atom stereocenters. The Balaban J connectivity index is 1.71. The van der Waals surface area contributed by atoms with Gasteiger partial charge in [-0.15, -0.1) is 0 Å². The first-order valence-corrected chi connectivity index (χ1v) is 7.75. The van der Waals surface area contributed by atoms with Crippen LogP contribution in [0.4, 0.5) is 5.69 Å². The van der Waals surface area contributed by atoms with E-state index >= 15 is 0 Å². The number of hydrogen-bond donors (Lipinski definition) is 2. The summed E-state index contributed by atoms with van der Waals surface area (Å²) in [6.07, 6.45) is 6.27. The molecule has 0 bridgehead atoms. The number of hydrogen-bond acceptors (Lipinski definition) is 4. The van der Waals surface area contributed by atoms with Crippen molar-refractivity contribution in [1.29, 1.82) is 0 Å². The van der Waals surface area contributed by atoms with E-state index in [-0.39, 0.29) is 5.91 Å². The number of carbonyl (C=O) groups excluding carboxylic acids is 1. The normalized spacial score (nSPS) is 23.0. The van der Waals surface area contributed by atoms with Crippen molar-refractivity contribution < 1.29 is 4.79 Å². The van der Waals surface area contributed by atoms with Crippen LogP contribution in [0.25, 0.3) is 0 Å². The van der Waals surface area contributed by atoms with E-state index in [1.807, 2.05) is 6.07 Å². The fraction of sp³-hybridized carbons (Fsp3) is 0.571. The highest BCUT2D eigenvalue weighted by atomic mass is 32.2.